The molecular formula is C21H23F3N4O. The third kappa shape index (κ3) is 4.75. The van der Waals surface area contributed by atoms with Gasteiger partial charge < -0.3 is 5.32 Å². The highest BCUT2D eigenvalue weighted by Crippen LogP contribution is 2.32. The highest BCUT2D eigenvalue weighted by Gasteiger charge is 2.31. The van der Waals surface area contributed by atoms with Gasteiger partial charge in [-0.1, -0.05) is 45.0 Å². The van der Waals surface area contributed by atoms with Crippen molar-refractivity contribution in [2.75, 3.05) is 0 Å². The maximum absolute atomic E-state index is 12.9. The summed E-state index contributed by atoms with van der Waals surface area (Å²) >= 11 is 0. The predicted molar refractivity (Wildman–Crippen MR) is 103 cm³/mol. The first-order chi connectivity index (χ1) is 13.7. The summed E-state index contributed by atoms with van der Waals surface area (Å²) in [6.45, 7) is 5.67. The first kappa shape index (κ1) is 20.8. The summed E-state index contributed by atoms with van der Waals surface area (Å²) in [7, 11) is 0. The topological polar surface area (TPSA) is 59.3 Å². The van der Waals surface area contributed by atoms with Crippen LogP contribution in [0, 0.1) is 5.92 Å². The first-order valence-electron chi connectivity index (χ1n) is 9.43. The van der Waals surface area contributed by atoms with Gasteiger partial charge in [0.25, 0.3) is 0 Å². The molecule has 2 atom stereocenters. The fourth-order valence-electron chi connectivity index (χ4n) is 3.25. The minimum absolute atomic E-state index is 0.0513. The molecule has 2 heterocycles. The van der Waals surface area contributed by atoms with E-state index < -0.39 is 11.7 Å². The molecule has 0 bridgehead atoms. The van der Waals surface area contributed by atoms with Crippen LogP contribution < -0.4 is 5.32 Å². The average Bonchev–Trinajstić information content (AvgIpc) is 3.09. The van der Waals surface area contributed by atoms with Gasteiger partial charge in [-0.3, -0.25) is 9.20 Å². The van der Waals surface area contributed by atoms with E-state index in [9.17, 15) is 18.0 Å². The third-order valence-corrected chi connectivity index (χ3v) is 4.88. The molecule has 5 nitrogen and oxygen atoms in total. The zero-order valence-corrected chi connectivity index (χ0v) is 16.4. The standard InChI is InChI=1S/C21H23F3N4O/c1-13(2)19(20-27-26-17-9-4-5-10-28(17)20)25-18(29)11-14(3)15-7-6-8-16(12-15)21(22,23)24/h4-10,12-14,19H,11H2,1-3H3,(H,25,29)/t14-,19+/m0/s1. The number of carbonyl (C=O) groups is 1. The number of aromatic nitrogens is 3. The van der Waals surface area contributed by atoms with Crippen LogP contribution in [0.3, 0.4) is 0 Å². The normalized spacial score (nSPS) is 14.2. The molecule has 1 aromatic carbocycles. The minimum Gasteiger partial charge on any atom is -0.346 e. The SMILES string of the molecule is CC(C)[C@@H](NC(=O)C[C@H](C)c1cccc(C(F)(F)F)c1)c1nnc2ccccn12. The lowest BCUT2D eigenvalue weighted by Gasteiger charge is -2.22. The van der Waals surface area contributed by atoms with Crippen molar-refractivity contribution in [3.63, 3.8) is 0 Å². The van der Waals surface area contributed by atoms with Crippen LogP contribution in [0.15, 0.2) is 48.7 Å². The zero-order chi connectivity index (χ0) is 21.2. The van der Waals surface area contributed by atoms with Gasteiger partial charge in [0.15, 0.2) is 11.5 Å². The number of hydrogen-bond acceptors (Lipinski definition) is 3. The Morgan fingerprint density at radius 1 is 1.10 bits per heavy atom. The van der Waals surface area contributed by atoms with E-state index in [4.69, 9.17) is 0 Å². The first-order valence-corrected chi connectivity index (χ1v) is 9.43. The lowest BCUT2D eigenvalue weighted by atomic mass is 9.95. The van der Waals surface area contributed by atoms with Crippen LogP contribution in [0.4, 0.5) is 13.2 Å². The van der Waals surface area contributed by atoms with Crippen molar-refractivity contribution < 1.29 is 18.0 Å². The quantitative estimate of drug-likeness (QED) is 0.645. The number of nitrogens with one attached hydrogen (secondary N) is 1. The summed E-state index contributed by atoms with van der Waals surface area (Å²) < 4.78 is 40.7. The van der Waals surface area contributed by atoms with Crippen molar-refractivity contribution in [1.82, 2.24) is 19.9 Å². The molecule has 2 aromatic heterocycles. The molecule has 0 saturated carbocycles. The van der Waals surface area contributed by atoms with Crippen molar-refractivity contribution in [2.45, 2.75) is 45.3 Å². The van der Waals surface area contributed by atoms with E-state index in [2.05, 4.69) is 15.5 Å². The fraction of sp³-hybridized carbons (Fsp3) is 0.381. The van der Waals surface area contributed by atoms with E-state index in [1.54, 1.807) is 13.0 Å². The summed E-state index contributed by atoms with van der Waals surface area (Å²) in [6, 6.07) is 10.3. The maximum atomic E-state index is 12.9. The number of nitrogens with zero attached hydrogens (tertiary/aromatic N) is 3. The highest BCUT2D eigenvalue weighted by atomic mass is 19.4. The Balaban J connectivity index is 1.74. The fourth-order valence-corrected chi connectivity index (χ4v) is 3.25. The summed E-state index contributed by atoms with van der Waals surface area (Å²) in [5.41, 5.74) is 0.445. The second-order valence-electron chi connectivity index (χ2n) is 7.50. The summed E-state index contributed by atoms with van der Waals surface area (Å²) in [5.74, 6) is 0.0626. The molecular weight excluding hydrogens is 381 g/mol. The van der Waals surface area contributed by atoms with E-state index in [1.165, 1.54) is 6.07 Å². The largest absolute Gasteiger partial charge is 0.416 e. The van der Waals surface area contributed by atoms with E-state index in [1.807, 2.05) is 42.6 Å². The second-order valence-corrected chi connectivity index (χ2v) is 7.50. The Hall–Kier alpha value is -2.90. The van der Waals surface area contributed by atoms with Crippen LogP contribution in [-0.2, 0) is 11.0 Å². The molecule has 0 fully saturated rings. The van der Waals surface area contributed by atoms with Gasteiger partial charge in [0.2, 0.25) is 5.91 Å². The molecule has 0 radical (unpaired) electrons. The van der Waals surface area contributed by atoms with E-state index in [0.29, 0.717) is 17.0 Å². The van der Waals surface area contributed by atoms with Crippen molar-refractivity contribution >= 4 is 11.6 Å². The van der Waals surface area contributed by atoms with Gasteiger partial charge >= 0.3 is 6.18 Å². The molecule has 3 rings (SSSR count). The number of amides is 1. The number of benzene rings is 1. The van der Waals surface area contributed by atoms with Gasteiger partial charge in [0.05, 0.1) is 11.6 Å². The number of alkyl halides is 3. The molecule has 0 aliphatic carbocycles. The average molecular weight is 404 g/mol. The molecule has 3 aromatic rings. The molecule has 0 aliphatic rings. The molecule has 0 saturated heterocycles. The number of fused-ring (bicyclic) bond motifs is 1. The van der Waals surface area contributed by atoms with Gasteiger partial charge in [0, 0.05) is 12.6 Å². The van der Waals surface area contributed by atoms with Crippen LogP contribution in [0.1, 0.15) is 56.1 Å². The van der Waals surface area contributed by atoms with Crippen LogP contribution in [0.25, 0.3) is 5.65 Å². The smallest absolute Gasteiger partial charge is 0.346 e. The summed E-state index contributed by atoms with van der Waals surface area (Å²) in [6.07, 6.45) is -2.51. The molecule has 1 amide bonds. The lowest BCUT2D eigenvalue weighted by molar-refractivity contribution is -0.137. The Bertz CT molecular complexity index is 997. The van der Waals surface area contributed by atoms with E-state index in [-0.39, 0.29) is 30.2 Å². The van der Waals surface area contributed by atoms with Gasteiger partial charge in [0.1, 0.15) is 0 Å². The number of rotatable bonds is 6. The molecule has 1 N–H and O–H groups in total. The lowest BCUT2D eigenvalue weighted by Crippen LogP contribution is -2.33. The maximum Gasteiger partial charge on any atom is 0.416 e. The number of pyridine rings is 1. The van der Waals surface area contributed by atoms with Crippen LogP contribution in [-0.4, -0.2) is 20.5 Å². The second kappa shape index (κ2) is 8.23. The minimum atomic E-state index is -4.41. The summed E-state index contributed by atoms with van der Waals surface area (Å²) in [5, 5.41) is 11.3. The Morgan fingerprint density at radius 3 is 2.55 bits per heavy atom. The molecule has 154 valence electrons. The predicted octanol–water partition coefficient (Wildman–Crippen LogP) is 4.76. The molecule has 8 heteroatoms. The van der Waals surface area contributed by atoms with Gasteiger partial charge in [-0.2, -0.15) is 13.2 Å². The van der Waals surface area contributed by atoms with Crippen LogP contribution >= 0.6 is 0 Å². The number of carbonyl (C=O) groups excluding carboxylic acids is 1. The van der Waals surface area contributed by atoms with E-state index in [0.717, 1.165) is 12.1 Å². The van der Waals surface area contributed by atoms with Crippen molar-refractivity contribution in [3.8, 4) is 0 Å². The molecule has 29 heavy (non-hydrogen) atoms. The Morgan fingerprint density at radius 2 is 1.86 bits per heavy atom. The van der Waals surface area contributed by atoms with E-state index >= 15 is 0 Å². The summed E-state index contributed by atoms with van der Waals surface area (Å²) in [4.78, 5) is 12.7. The van der Waals surface area contributed by atoms with Crippen molar-refractivity contribution in [2.24, 2.45) is 5.92 Å². The Kier molecular flexibility index (Phi) is 5.91. The zero-order valence-electron chi connectivity index (χ0n) is 16.4. The molecule has 0 aliphatic heterocycles. The number of halogens is 3. The van der Waals surface area contributed by atoms with Gasteiger partial charge in [-0.25, -0.2) is 0 Å². The third-order valence-electron chi connectivity index (χ3n) is 4.88. The molecule has 0 spiro atoms. The van der Waals surface area contributed by atoms with Crippen molar-refractivity contribution in [1.29, 1.82) is 0 Å². The molecule has 0 unspecified atom stereocenters. The van der Waals surface area contributed by atoms with Crippen LogP contribution in [0.5, 0.6) is 0 Å². The number of hydrogen-bond donors (Lipinski definition) is 1. The van der Waals surface area contributed by atoms with Gasteiger partial charge in [-0.15, -0.1) is 10.2 Å². The Labute approximate surface area is 167 Å². The highest BCUT2D eigenvalue weighted by molar-refractivity contribution is 5.77. The van der Waals surface area contributed by atoms with Gasteiger partial charge in [-0.05, 0) is 35.6 Å². The monoisotopic (exact) mass is 404 g/mol. The van der Waals surface area contributed by atoms with Crippen molar-refractivity contribution in [3.05, 3.63) is 65.6 Å². The van der Waals surface area contributed by atoms with Crippen LogP contribution in [0.2, 0.25) is 0 Å².